The summed E-state index contributed by atoms with van der Waals surface area (Å²) >= 11 is 0. The van der Waals surface area contributed by atoms with Crippen molar-refractivity contribution in [3.05, 3.63) is 46.2 Å². The summed E-state index contributed by atoms with van der Waals surface area (Å²) in [4.78, 5) is 4.06. The Morgan fingerprint density at radius 2 is 1.62 bits per heavy atom. The van der Waals surface area contributed by atoms with Gasteiger partial charge in [-0.2, -0.15) is 0 Å². The van der Waals surface area contributed by atoms with E-state index in [0.29, 0.717) is 5.92 Å². The van der Waals surface area contributed by atoms with Crippen LogP contribution in [0.5, 0.6) is 0 Å². The number of aromatic amines is 1. The lowest BCUT2D eigenvalue weighted by atomic mass is 9.36. The lowest BCUT2D eigenvalue weighted by Crippen LogP contribution is -2.79. The first-order valence-electron chi connectivity index (χ1n) is 20.7. The number of hydrogen-bond donors (Lipinski definition) is 3. The van der Waals surface area contributed by atoms with Gasteiger partial charge >= 0.3 is 0 Å². The van der Waals surface area contributed by atoms with E-state index in [9.17, 15) is 10.2 Å². The first kappa shape index (κ1) is 34.7. The van der Waals surface area contributed by atoms with E-state index in [4.69, 9.17) is 18.9 Å². The maximum atomic E-state index is 13.9. The second kappa shape index (κ2) is 10.4. The molecule has 52 heavy (non-hydrogen) atoms. The summed E-state index contributed by atoms with van der Waals surface area (Å²) < 4.78 is 27.4. The topological polar surface area (TPSA) is 93.2 Å². The Balaban J connectivity index is 1.09. The van der Waals surface area contributed by atoms with Gasteiger partial charge in [-0.05, 0) is 153 Å². The number of hydrogen-bond acceptors (Lipinski definition) is 6. The monoisotopic (exact) mass is 713 g/mol. The van der Waals surface area contributed by atoms with Crippen molar-refractivity contribution >= 4 is 10.9 Å². The molecule has 3 aliphatic heterocycles. The lowest BCUT2D eigenvalue weighted by Gasteiger charge is -2.73. The van der Waals surface area contributed by atoms with Crippen LogP contribution >= 0.6 is 0 Å². The molecule has 0 amide bonds. The number of allylic oxidation sites excluding steroid dienone is 1. The minimum absolute atomic E-state index is 0.0165. The van der Waals surface area contributed by atoms with Gasteiger partial charge < -0.3 is 34.1 Å². The summed E-state index contributed by atoms with van der Waals surface area (Å²) in [5, 5.41) is 27.3. The SMILES string of the molecule is CC(C)=C[C@H]1O[C@H]2[C@H]3CCC[C@@]34C(CC[C@@]3(C)[C@@]4(O)CCC4Cc5c([nH]c6ccc7c(c56)CC5C([C@H]7O)C(C)(C)OC5(C)C)[C@@]43C)O[C@@H]2C(C)(C)O1. The highest BCUT2D eigenvalue weighted by atomic mass is 16.7. The summed E-state index contributed by atoms with van der Waals surface area (Å²) in [6.07, 6.45) is 9.57. The van der Waals surface area contributed by atoms with Crippen LogP contribution in [-0.2, 0) is 37.2 Å². The quantitative estimate of drug-likeness (QED) is 0.257. The molecule has 284 valence electrons. The lowest BCUT2D eigenvalue weighted by molar-refractivity contribution is -0.396. The van der Waals surface area contributed by atoms with Crippen LogP contribution in [0, 0.1) is 34.5 Å². The van der Waals surface area contributed by atoms with Crippen LogP contribution in [0.25, 0.3) is 10.9 Å². The molecule has 6 fully saturated rings. The molecule has 13 atom stereocenters. The predicted molar refractivity (Wildman–Crippen MR) is 201 cm³/mol. The highest BCUT2D eigenvalue weighted by Gasteiger charge is 2.79. The van der Waals surface area contributed by atoms with Gasteiger partial charge in [-0.25, -0.2) is 0 Å². The summed E-state index contributed by atoms with van der Waals surface area (Å²) in [6.45, 7) is 22.2. The number of benzene rings is 1. The van der Waals surface area contributed by atoms with E-state index in [2.05, 4.69) is 92.4 Å². The fourth-order valence-electron chi connectivity index (χ4n) is 15.4. The Bertz CT molecular complexity index is 1890. The van der Waals surface area contributed by atoms with Gasteiger partial charge in [0.25, 0.3) is 0 Å². The van der Waals surface area contributed by atoms with E-state index in [-0.39, 0.29) is 63.5 Å². The molecule has 10 rings (SSSR count). The van der Waals surface area contributed by atoms with Crippen molar-refractivity contribution in [2.45, 2.75) is 186 Å². The third-order valence-electron chi connectivity index (χ3n) is 17.5. The number of aliphatic hydroxyl groups is 2. The zero-order chi connectivity index (χ0) is 36.8. The van der Waals surface area contributed by atoms with Crippen LogP contribution in [0.15, 0.2) is 23.8 Å². The molecule has 0 radical (unpaired) electrons. The van der Waals surface area contributed by atoms with Crippen LogP contribution in [-0.4, -0.2) is 62.2 Å². The third kappa shape index (κ3) is 3.90. The molecular formula is C45H63NO6. The zero-order valence-corrected chi connectivity index (χ0v) is 33.3. The Kier molecular flexibility index (Phi) is 6.92. The maximum absolute atomic E-state index is 13.9. The van der Waals surface area contributed by atoms with Gasteiger partial charge in [0.2, 0.25) is 0 Å². The van der Waals surface area contributed by atoms with Crippen molar-refractivity contribution in [2.75, 3.05) is 0 Å². The highest BCUT2D eigenvalue weighted by Crippen LogP contribution is 2.77. The number of aliphatic hydroxyl groups excluding tert-OH is 1. The summed E-state index contributed by atoms with van der Waals surface area (Å²) in [7, 11) is 0. The van der Waals surface area contributed by atoms with Gasteiger partial charge in [-0.3, -0.25) is 0 Å². The zero-order valence-electron chi connectivity index (χ0n) is 33.3. The van der Waals surface area contributed by atoms with Crippen molar-refractivity contribution < 1.29 is 29.2 Å². The van der Waals surface area contributed by atoms with Crippen molar-refractivity contribution in [1.82, 2.24) is 4.98 Å². The molecule has 7 heteroatoms. The van der Waals surface area contributed by atoms with Crippen LogP contribution in [0.3, 0.4) is 0 Å². The molecule has 3 saturated carbocycles. The standard InChI is InChI=1S/C45H63NO6/c1-23(2)20-32-50-36-28-12-11-17-44(28)31(49-38(36)41(7,8)51-32)16-18-42(9)43(10)24(15-19-45(42,44)48)21-27-33-26-22-29-34(40(5,6)52-39(29,3)4)35(47)25(26)13-14-30(33)46-37(27)43/h13-14,20,24,28-29,31-32,34-36,38,46-48H,11-12,15-19,21-22H2,1-10H3/t24?,28-,29?,31?,32+,34?,35+,36+,38+,42-,43-,44+,45+/m1/s1. The fourth-order valence-corrected chi connectivity index (χ4v) is 15.4. The Morgan fingerprint density at radius 3 is 2.37 bits per heavy atom. The number of fused-ring (bicyclic) bond motifs is 12. The van der Waals surface area contributed by atoms with Gasteiger partial charge in [-0.15, -0.1) is 0 Å². The smallest absolute Gasteiger partial charge is 0.178 e. The number of ether oxygens (including phenoxy) is 4. The largest absolute Gasteiger partial charge is 0.389 e. The predicted octanol–water partition coefficient (Wildman–Crippen LogP) is 8.37. The first-order chi connectivity index (χ1) is 24.3. The second-order valence-electron chi connectivity index (χ2n) is 21.0. The molecule has 3 N–H and O–H groups in total. The van der Waals surface area contributed by atoms with Gasteiger partial charge in [0.1, 0.15) is 6.10 Å². The summed E-state index contributed by atoms with van der Waals surface area (Å²) in [5.41, 5.74) is 4.47. The minimum Gasteiger partial charge on any atom is -0.389 e. The average molecular weight is 714 g/mol. The molecule has 7 nitrogen and oxygen atoms in total. The van der Waals surface area contributed by atoms with Gasteiger partial charge in [0, 0.05) is 38.8 Å². The normalized spacial score (nSPS) is 48.7. The molecule has 1 aromatic carbocycles. The molecule has 2 aromatic rings. The summed E-state index contributed by atoms with van der Waals surface area (Å²) in [5.74, 6) is 0.947. The first-order valence-corrected chi connectivity index (χ1v) is 20.7. The Hall–Kier alpha value is -1.74. The second-order valence-corrected chi connectivity index (χ2v) is 21.0. The van der Waals surface area contributed by atoms with E-state index in [1.54, 1.807) is 0 Å². The Labute approximate surface area is 310 Å². The van der Waals surface area contributed by atoms with E-state index in [1.807, 2.05) is 0 Å². The molecule has 5 aliphatic carbocycles. The van der Waals surface area contributed by atoms with Crippen LogP contribution in [0.2, 0.25) is 0 Å². The van der Waals surface area contributed by atoms with Crippen LogP contribution in [0.1, 0.15) is 143 Å². The number of nitrogens with one attached hydrogen (secondary N) is 1. The van der Waals surface area contributed by atoms with Gasteiger partial charge in [0.05, 0.1) is 40.7 Å². The molecule has 4 unspecified atom stereocenters. The molecule has 4 heterocycles. The molecular weight excluding hydrogens is 650 g/mol. The Morgan fingerprint density at radius 1 is 0.846 bits per heavy atom. The molecule has 3 saturated heterocycles. The third-order valence-corrected chi connectivity index (χ3v) is 17.5. The van der Waals surface area contributed by atoms with E-state index >= 15 is 0 Å². The molecule has 0 bridgehead atoms. The highest BCUT2D eigenvalue weighted by molar-refractivity contribution is 5.91. The number of H-pyrrole nitrogens is 1. The van der Waals surface area contributed by atoms with Crippen molar-refractivity contribution in [1.29, 1.82) is 0 Å². The molecule has 8 aliphatic rings. The maximum Gasteiger partial charge on any atom is 0.178 e. The van der Waals surface area contributed by atoms with Crippen molar-refractivity contribution in [2.24, 2.45) is 34.5 Å². The van der Waals surface area contributed by atoms with E-state index in [0.717, 1.165) is 63.4 Å². The molecule has 1 aromatic heterocycles. The van der Waals surface area contributed by atoms with E-state index < -0.39 is 23.6 Å². The summed E-state index contributed by atoms with van der Waals surface area (Å²) in [6, 6.07) is 4.41. The van der Waals surface area contributed by atoms with E-state index in [1.165, 1.54) is 33.3 Å². The average Bonchev–Trinajstić information content (AvgIpc) is 3.77. The number of aromatic nitrogens is 1. The number of rotatable bonds is 1. The van der Waals surface area contributed by atoms with Crippen LogP contribution in [0.4, 0.5) is 0 Å². The van der Waals surface area contributed by atoms with Gasteiger partial charge in [-0.1, -0.05) is 31.9 Å². The van der Waals surface area contributed by atoms with Crippen molar-refractivity contribution in [3.63, 3.8) is 0 Å². The minimum atomic E-state index is -0.906. The fraction of sp³-hybridized carbons (Fsp3) is 0.778. The van der Waals surface area contributed by atoms with Gasteiger partial charge in [0.15, 0.2) is 6.29 Å². The van der Waals surface area contributed by atoms with Crippen LogP contribution < -0.4 is 0 Å². The van der Waals surface area contributed by atoms with Crippen molar-refractivity contribution in [3.8, 4) is 0 Å². The molecule has 1 spiro atoms.